The number of para-hydroxylation sites is 1. The van der Waals surface area contributed by atoms with Crippen molar-refractivity contribution >= 4 is 28.6 Å². The topological polar surface area (TPSA) is 55.1 Å². The zero-order valence-corrected chi connectivity index (χ0v) is 12.9. The summed E-state index contributed by atoms with van der Waals surface area (Å²) in [6.45, 7) is 0. The van der Waals surface area contributed by atoms with Gasteiger partial charge in [-0.1, -0.05) is 30.5 Å². The van der Waals surface area contributed by atoms with Crippen LogP contribution in [0, 0.1) is 5.41 Å². The van der Waals surface area contributed by atoms with Crippen molar-refractivity contribution in [3.05, 3.63) is 29.0 Å². The molecular formula is C16H19ClN2O2. The van der Waals surface area contributed by atoms with E-state index < -0.39 is 5.97 Å². The third-order valence-electron chi connectivity index (χ3n) is 4.66. The lowest BCUT2D eigenvalue weighted by molar-refractivity contribution is -0.139. The van der Waals surface area contributed by atoms with Crippen molar-refractivity contribution in [3.8, 4) is 0 Å². The van der Waals surface area contributed by atoms with Gasteiger partial charge in [0.2, 0.25) is 0 Å². The van der Waals surface area contributed by atoms with Crippen LogP contribution in [-0.2, 0) is 18.3 Å². The van der Waals surface area contributed by atoms with Gasteiger partial charge >= 0.3 is 5.97 Å². The van der Waals surface area contributed by atoms with E-state index in [1.807, 2.05) is 29.8 Å². The van der Waals surface area contributed by atoms with Crippen LogP contribution in [0.25, 0.3) is 11.0 Å². The second kappa shape index (κ2) is 5.34. The second-order valence-corrected chi connectivity index (χ2v) is 6.56. The molecule has 1 N–H and O–H groups in total. The molecular weight excluding hydrogens is 288 g/mol. The van der Waals surface area contributed by atoms with E-state index in [4.69, 9.17) is 11.6 Å². The van der Waals surface area contributed by atoms with Crippen molar-refractivity contribution in [2.45, 2.75) is 38.5 Å². The van der Waals surface area contributed by atoms with Crippen LogP contribution in [0.5, 0.6) is 0 Å². The SMILES string of the molecule is Cn1c(CC2(CC(=O)O)CCCC2)nc2cccc(Cl)c21. The van der Waals surface area contributed by atoms with E-state index in [2.05, 4.69) is 4.98 Å². The predicted molar refractivity (Wildman–Crippen MR) is 82.6 cm³/mol. The van der Waals surface area contributed by atoms with Gasteiger partial charge in [-0.25, -0.2) is 4.98 Å². The van der Waals surface area contributed by atoms with Crippen LogP contribution < -0.4 is 0 Å². The summed E-state index contributed by atoms with van der Waals surface area (Å²) in [6, 6.07) is 5.70. The normalized spacial score (nSPS) is 17.4. The molecule has 1 heterocycles. The average molecular weight is 307 g/mol. The molecule has 1 aromatic carbocycles. The summed E-state index contributed by atoms with van der Waals surface area (Å²) in [7, 11) is 1.96. The molecule has 0 saturated heterocycles. The molecule has 21 heavy (non-hydrogen) atoms. The molecule has 112 valence electrons. The van der Waals surface area contributed by atoms with Crippen LogP contribution in [0.4, 0.5) is 0 Å². The number of halogens is 1. The Kier molecular flexibility index (Phi) is 3.66. The molecule has 0 unspecified atom stereocenters. The monoisotopic (exact) mass is 306 g/mol. The number of rotatable bonds is 4. The number of carboxylic acid groups (broad SMARTS) is 1. The molecule has 2 aromatic rings. The Labute approximate surface area is 128 Å². The van der Waals surface area contributed by atoms with Gasteiger partial charge in [-0.2, -0.15) is 0 Å². The van der Waals surface area contributed by atoms with Crippen molar-refractivity contribution < 1.29 is 9.90 Å². The molecule has 0 spiro atoms. The number of benzene rings is 1. The highest BCUT2D eigenvalue weighted by Gasteiger charge is 2.37. The predicted octanol–water partition coefficient (Wildman–Crippen LogP) is 3.80. The second-order valence-electron chi connectivity index (χ2n) is 6.15. The van der Waals surface area contributed by atoms with Crippen LogP contribution in [0.2, 0.25) is 5.02 Å². The number of hydrogen-bond donors (Lipinski definition) is 1. The van der Waals surface area contributed by atoms with Gasteiger partial charge in [-0.15, -0.1) is 0 Å². The summed E-state index contributed by atoms with van der Waals surface area (Å²) in [5.41, 5.74) is 1.66. The van der Waals surface area contributed by atoms with Gasteiger partial charge in [0.05, 0.1) is 22.5 Å². The number of aromatic nitrogens is 2. The minimum Gasteiger partial charge on any atom is -0.481 e. The maximum absolute atomic E-state index is 11.2. The van der Waals surface area contributed by atoms with Crippen molar-refractivity contribution in [2.75, 3.05) is 0 Å². The first-order valence-electron chi connectivity index (χ1n) is 7.32. The molecule has 1 aliphatic carbocycles. The first kappa shape index (κ1) is 14.4. The molecule has 4 nitrogen and oxygen atoms in total. The van der Waals surface area contributed by atoms with E-state index in [1.54, 1.807) is 0 Å². The van der Waals surface area contributed by atoms with Crippen molar-refractivity contribution in [1.82, 2.24) is 9.55 Å². The van der Waals surface area contributed by atoms with Crippen LogP contribution in [0.3, 0.4) is 0 Å². The maximum Gasteiger partial charge on any atom is 0.303 e. The Morgan fingerprint density at radius 3 is 2.76 bits per heavy atom. The summed E-state index contributed by atoms with van der Waals surface area (Å²) in [5.74, 6) is 0.218. The number of carboxylic acids is 1. The molecule has 0 amide bonds. The molecule has 1 fully saturated rings. The minimum absolute atomic E-state index is 0.145. The first-order valence-corrected chi connectivity index (χ1v) is 7.70. The number of fused-ring (bicyclic) bond motifs is 1. The molecule has 0 bridgehead atoms. The molecule has 1 aliphatic rings. The zero-order valence-electron chi connectivity index (χ0n) is 12.1. The number of imidazole rings is 1. The Morgan fingerprint density at radius 2 is 2.14 bits per heavy atom. The van der Waals surface area contributed by atoms with Crippen LogP contribution in [-0.4, -0.2) is 20.6 Å². The van der Waals surface area contributed by atoms with Gasteiger partial charge in [0.25, 0.3) is 0 Å². The molecule has 3 rings (SSSR count). The molecule has 5 heteroatoms. The standard InChI is InChI=1S/C16H19ClN2O2/c1-19-13(18-12-6-4-5-11(17)15(12)19)9-16(10-14(20)21)7-2-3-8-16/h4-6H,2-3,7-10H2,1H3,(H,20,21). The smallest absolute Gasteiger partial charge is 0.303 e. The fourth-order valence-corrected chi connectivity index (χ4v) is 3.92. The van der Waals surface area contributed by atoms with Gasteiger partial charge in [0.15, 0.2) is 0 Å². The maximum atomic E-state index is 11.2. The quantitative estimate of drug-likeness (QED) is 0.934. The van der Waals surface area contributed by atoms with E-state index in [0.717, 1.165) is 42.5 Å². The number of aryl methyl sites for hydroxylation is 1. The Hall–Kier alpha value is -1.55. The van der Waals surface area contributed by atoms with E-state index >= 15 is 0 Å². The lowest BCUT2D eigenvalue weighted by atomic mass is 9.79. The van der Waals surface area contributed by atoms with Crippen molar-refractivity contribution in [3.63, 3.8) is 0 Å². The lowest BCUT2D eigenvalue weighted by Crippen LogP contribution is -2.25. The van der Waals surface area contributed by atoms with Gasteiger partial charge in [0, 0.05) is 13.5 Å². The van der Waals surface area contributed by atoms with Gasteiger partial charge in [0.1, 0.15) is 5.82 Å². The van der Waals surface area contributed by atoms with Gasteiger partial charge < -0.3 is 9.67 Å². The summed E-state index contributed by atoms with van der Waals surface area (Å²) >= 11 is 6.26. The highest BCUT2D eigenvalue weighted by molar-refractivity contribution is 6.35. The number of aliphatic carboxylic acids is 1. The summed E-state index contributed by atoms with van der Waals surface area (Å²) < 4.78 is 2.01. The Bertz CT molecular complexity index is 687. The number of hydrogen-bond acceptors (Lipinski definition) is 2. The van der Waals surface area contributed by atoms with Crippen LogP contribution in [0.1, 0.15) is 37.9 Å². The van der Waals surface area contributed by atoms with Crippen LogP contribution in [0.15, 0.2) is 18.2 Å². The van der Waals surface area contributed by atoms with Crippen molar-refractivity contribution in [2.24, 2.45) is 12.5 Å². The summed E-state index contributed by atoms with van der Waals surface area (Å²) in [6.07, 6.45) is 5.09. The molecule has 1 saturated carbocycles. The molecule has 1 aromatic heterocycles. The highest BCUT2D eigenvalue weighted by atomic mass is 35.5. The zero-order chi connectivity index (χ0) is 15.0. The molecule has 0 atom stereocenters. The van der Waals surface area contributed by atoms with E-state index in [-0.39, 0.29) is 11.8 Å². The van der Waals surface area contributed by atoms with Gasteiger partial charge in [-0.3, -0.25) is 4.79 Å². The average Bonchev–Trinajstić information content (AvgIpc) is 2.96. The first-order chi connectivity index (χ1) is 10.0. The molecule has 0 radical (unpaired) electrons. The Balaban J connectivity index is 1.98. The minimum atomic E-state index is -0.714. The Morgan fingerprint density at radius 1 is 1.43 bits per heavy atom. The molecule has 0 aliphatic heterocycles. The third kappa shape index (κ3) is 2.64. The summed E-state index contributed by atoms with van der Waals surface area (Å²) in [5, 5.41) is 9.91. The van der Waals surface area contributed by atoms with E-state index in [9.17, 15) is 9.90 Å². The largest absolute Gasteiger partial charge is 0.481 e. The van der Waals surface area contributed by atoms with Gasteiger partial charge in [-0.05, 0) is 30.4 Å². The summed E-state index contributed by atoms with van der Waals surface area (Å²) in [4.78, 5) is 15.9. The lowest BCUT2D eigenvalue weighted by Gasteiger charge is -2.26. The fraction of sp³-hybridized carbons (Fsp3) is 0.500. The van der Waals surface area contributed by atoms with E-state index in [1.165, 1.54) is 0 Å². The highest BCUT2D eigenvalue weighted by Crippen LogP contribution is 2.44. The fourth-order valence-electron chi connectivity index (χ4n) is 3.62. The van der Waals surface area contributed by atoms with Crippen molar-refractivity contribution in [1.29, 1.82) is 0 Å². The van der Waals surface area contributed by atoms with Crippen LogP contribution >= 0.6 is 11.6 Å². The third-order valence-corrected chi connectivity index (χ3v) is 4.97. The number of carbonyl (C=O) groups is 1. The van der Waals surface area contributed by atoms with E-state index in [0.29, 0.717) is 11.4 Å². The number of nitrogens with zero attached hydrogens (tertiary/aromatic N) is 2.